The van der Waals surface area contributed by atoms with E-state index in [-0.39, 0.29) is 0 Å². The van der Waals surface area contributed by atoms with Crippen molar-refractivity contribution < 1.29 is 0 Å². The van der Waals surface area contributed by atoms with Gasteiger partial charge < -0.3 is 4.90 Å². The smallest absolute Gasteiger partial charge is 0.0429 e. The van der Waals surface area contributed by atoms with Crippen molar-refractivity contribution in [3.8, 4) is 0 Å². The molecule has 0 aliphatic carbocycles. The molecule has 0 aromatic carbocycles. The maximum absolute atomic E-state index is 5.79. The molecule has 2 nitrogen and oxygen atoms in total. The van der Waals surface area contributed by atoms with Crippen LogP contribution in [0.25, 0.3) is 0 Å². The van der Waals surface area contributed by atoms with Gasteiger partial charge in [-0.05, 0) is 32.4 Å². The molecule has 14 heavy (non-hydrogen) atoms. The molecule has 0 radical (unpaired) electrons. The molecule has 1 rings (SSSR count). The average molecular weight is 213 g/mol. The van der Waals surface area contributed by atoms with Crippen LogP contribution in [-0.4, -0.2) is 23.5 Å². The summed E-state index contributed by atoms with van der Waals surface area (Å²) in [5.74, 6) is 0.653. The van der Waals surface area contributed by atoms with Crippen LogP contribution < -0.4 is 4.90 Å². The van der Waals surface area contributed by atoms with Crippen LogP contribution in [-0.2, 0) is 0 Å². The molecule has 0 aliphatic rings. The van der Waals surface area contributed by atoms with Crippen molar-refractivity contribution in [2.75, 3.05) is 17.3 Å². The summed E-state index contributed by atoms with van der Waals surface area (Å²) in [6.07, 6.45) is 3.71. The fourth-order valence-electron chi connectivity index (χ4n) is 1.54. The molecule has 0 fully saturated rings. The number of hydrogen-bond acceptors (Lipinski definition) is 2. The van der Waals surface area contributed by atoms with Gasteiger partial charge in [-0.15, -0.1) is 11.6 Å². The number of anilines is 1. The largest absolute Gasteiger partial charge is 0.368 e. The number of aryl methyl sites for hydroxylation is 1. The first kappa shape index (κ1) is 11.3. The summed E-state index contributed by atoms with van der Waals surface area (Å²) >= 11 is 5.79. The van der Waals surface area contributed by atoms with E-state index >= 15 is 0 Å². The van der Waals surface area contributed by atoms with Crippen LogP contribution in [0.15, 0.2) is 18.5 Å². The first-order valence-corrected chi connectivity index (χ1v) is 5.43. The summed E-state index contributed by atoms with van der Waals surface area (Å²) < 4.78 is 0. The van der Waals surface area contributed by atoms with E-state index in [0.717, 1.165) is 6.54 Å². The minimum Gasteiger partial charge on any atom is -0.368 e. The highest BCUT2D eigenvalue weighted by Gasteiger charge is 2.11. The third kappa shape index (κ3) is 2.61. The topological polar surface area (TPSA) is 16.1 Å². The van der Waals surface area contributed by atoms with E-state index in [4.69, 9.17) is 11.6 Å². The van der Waals surface area contributed by atoms with Gasteiger partial charge in [-0.1, -0.05) is 0 Å². The van der Waals surface area contributed by atoms with E-state index in [1.54, 1.807) is 0 Å². The van der Waals surface area contributed by atoms with Crippen molar-refractivity contribution in [2.24, 2.45) is 0 Å². The molecule has 1 aromatic rings. The molecule has 1 heterocycles. The van der Waals surface area contributed by atoms with Crippen molar-refractivity contribution in [2.45, 2.75) is 26.8 Å². The van der Waals surface area contributed by atoms with Gasteiger partial charge in [-0.2, -0.15) is 0 Å². The Morgan fingerprint density at radius 1 is 1.50 bits per heavy atom. The Bertz CT molecular complexity index is 286. The zero-order valence-electron chi connectivity index (χ0n) is 9.00. The Labute approximate surface area is 90.9 Å². The van der Waals surface area contributed by atoms with Crippen molar-refractivity contribution in [1.29, 1.82) is 0 Å². The Morgan fingerprint density at radius 3 is 2.71 bits per heavy atom. The van der Waals surface area contributed by atoms with Gasteiger partial charge >= 0.3 is 0 Å². The van der Waals surface area contributed by atoms with Gasteiger partial charge in [-0.3, -0.25) is 4.98 Å². The molecule has 0 saturated carbocycles. The van der Waals surface area contributed by atoms with Crippen LogP contribution >= 0.6 is 11.6 Å². The molecule has 0 saturated heterocycles. The quantitative estimate of drug-likeness (QED) is 0.714. The average Bonchev–Trinajstić information content (AvgIpc) is 2.15. The molecular formula is C11H17ClN2. The van der Waals surface area contributed by atoms with Crippen LogP contribution in [0.3, 0.4) is 0 Å². The molecule has 0 unspecified atom stereocenters. The highest BCUT2D eigenvalue weighted by atomic mass is 35.5. The van der Waals surface area contributed by atoms with E-state index in [9.17, 15) is 0 Å². The Hall–Kier alpha value is -0.760. The number of hydrogen-bond donors (Lipinski definition) is 0. The van der Waals surface area contributed by atoms with E-state index in [1.807, 2.05) is 18.5 Å². The number of rotatable bonds is 4. The Kier molecular flexibility index (Phi) is 4.21. The lowest BCUT2D eigenvalue weighted by molar-refractivity contribution is 0.703. The van der Waals surface area contributed by atoms with Gasteiger partial charge in [0.25, 0.3) is 0 Å². The number of alkyl halides is 1. The van der Waals surface area contributed by atoms with Gasteiger partial charge in [0.05, 0.1) is 0 Å². The van der Waals surface area contributed by atoms with Crippen molar-refractivity contribution in [1.82, 2.24) is 4.98 Å². The molecule has 78 valence electrons. The first-order chi connectivity index (χ1) is 6.66. The molecule has 0 N–H and O–H groups in total. The fourth-order valence-corrected chi connectivity index (χ4v) is 1.72. The highest BCUT2D eigenvalue weighted by molar-refractivity contribution is 6.18. The normalized spacial score (nSPS) is 10.6. The van der Waals surface area contributed by atoms with E-state index < -0.39 is 0 Å². The fraction of sp³-hybridized carbons (Fsp3) is 0.545. The molecule has 0 aliphatic heterocycles. The third-order valence-electron chi connectivity index (χ3n) is 2.25. The summed E-state index contributed by atoms with van der Waals surface area (Å²) in [5.41, 5.74) is 2.43. The van der Waals surface area contributed by atoms with Crippen molar-refractivity contribution in [3.63, 3.8) is 0 Å². The van der Waals surface area contributed by atoms with E-state index in [2.05, 4.69) is 30.7 Å². The maximum Gasteiger partial charge on any atom is 0.0429 e. The predicted molar refractivity (Wildman–Crippen MR) is 62.2 cm³/mol. The van der Waals surface area contributed by atoms with Gasteiger partial charge in [0.15, 0.2) is 0 Å². The minimum atomic E-state index is 0.467. The number of pyridine rings is 1. The first-order valence-electron chi connectivity index (χ1n) is 4.90. The van der Waals surface area contributed by atoms with Gasteiger partial charge in [0.1, 0.15) is 0 Å². The molecule has 0 amide bonds. The lowest BCUT2D eigenvalue weighted by Crippen LogP contribution is -2.33. The summed E-state index contributed by atoms with van der Waals surface area (Å²) in [6.45, 7) is 7.30. The monoisotopic (exact) mass is 212 g/mol. The van der Waals surface area contributed by atoms with Crippen LogP contribution in [0.1, 0.15) is 19.4 Å². The van der Waals surface area contributed by atoms with Crippen molar-refractivity contribution >= 4 is 17.3 Å². The lowest BCUT2D eigenvalue weighted by atomic mass is 10.2. The van der Waals surface area contributed by atoms with Gasteiger partial charge in [0.2, 0.25) is 0 Å². The molecule has 0 bridgehead atoms. The summed E-state index contributed by atoms with van der Waals surface area (Å²) in [6, 6.07) is 2.51. The van der Waals surface area contributed by atoms with Crippen molar-refractivity contribution in [3.05, 3.63) is 24.0 Å². The lowest BCUT2D eigenvalue weighted by Gasteiger charge is -2.29. The van der Waals surface area contributed by atoms with E-state index in [1.165, 1.54) is 11.3 Å². The second-order valence-corrected chi connectivity index (χ2v) is 4.02. The third-order valence-corrected chi connectivity index (χ3v) is 2.42. The van der Waals surface area contributed by atoms with Gasteiger partial charge in [-0.25, -0.2) is 0 Å². The minimum absolute atomic E-state index is 0.467. The Balaban J connectivity index is 2.93. The standard InChI is InChI=1S/C11H17ClN2/c1-9(2)14(7-5-12)11-4-6-13-8-10(11)3/h4,6,8-9H,5,7H2,1-3H3. The predicted octanol–water partition coefficient (Wildman–Crippen LogP) is 2.84. The highest BCUT2D eigenvalue weighted by Crippen LogP contribution is 2.20. The molecule has 0 atom stereocenters. The number of halogens is 1. The zero-order valence-corrected chi connectivity index (χ0v) is 9.75. The maximum atomic E-state index is 5.79. The SMILES string of the molecule is Cc1cnccc1N(CCCl)C(C)C. The molecule has 3 heteroatoms. The zero-order chi connectivity index (χ0) is 10.6. The van der Waals surface area contributed by atoms with Crippen LogP contribution in [0.5, 0.6) is 0 Å². The second kappa shape index (κ2) is 5.20. The second-order valence-electron chi connectivity index (χ2n) is 3.64. The Morgan fingerprint density at radius 2 is 2.21 bits per heavy atom. The summed E-state index contributed by atoms with van der Waals surface area (Å²) in [4.78, 5) is 6.38. The molecule has 1 aromatic heterocycles. The van der Waals surface area contributed by atoms with Gasteiger partial charge in [0, 0.05) is 36.5 Å². The number of aromatic nitrogens is 1. The van der Waals surface area contributed by atoms with Crippen LogP contribution in [0.2, 0.25) is 0 Å². The number of nitrogens with zero attached hydrogens (tertiary/aromatic N) is 2. The van der Waals surface area contributed by atoms with Crippen LogP contribution in [0, 0.1) is 6.92 Å². The van der Waals surface area contributed by atoms with Crippen LogP contribution in [0.4, 0.5) is 5.69 Å². The molecule has 0 spiro atoms. The summed E-state index contributed by atoms with van der Waals surface area (Å²) in [7, 11) is 0. The summed E-state index contributed by atoms with van der Waals surface area (Å²) in [5, 5.41) is 0. The molecular weight excluding hydrogens is 196 g/mol. The van der Waals surface area contributed by atoms with E-state index in [0.29, 0.717) is 11.9 Å².